The van der Waals surface area contributed by atoms with Crippen LogP contribution in [0.5, 0.6) is 0 Å². The molecular formula is C15H24N2. The summed E-state index contributed by atoms with van der Waals surface area (Å²) in [6.45, 7) is 7.75. The first-order chi connectivity index (χ1) is 8.33. The Balaban J connectivity index is 2.03. The van der Waals surface area contributed by atoms with Crippen LogP contribution in [0.1, 0.15) is 38.7 Å². The second-order valence-corrected chi connectivity index (χ2v) is 4.89. The maximum absolute atomic E-state index is 3.67. The molecule has 2 heteroatoms. The number of anilines is 1. The van der Waals surface area contributed by atoms with Gasteiger partial charge < -0.3 is 5.32 Å². The minimum Gasteiger partial charge on any atom is -0.382 e. The summed E-state index contributed by atoms with van der Waals surface area (Å²) in [7, 11) is 0. The summed E-state index contributed by atoms with van der Waals surface area (Å²) in [6, 6.07) is 9.46. The van der Waals surface area contributed by atoms with Crippen LogP contribution in [-0.4, -0.2) is 24.0 Å². The van der Waals surface area contributed by atoms with Gasteiger partial charge >= 0.3 is 0 Å². The van der Waals surface area contributed by atoms with E-state index in [1.54, 1.807) is 0 Å². The van der Waals surface area contributed by atoms with Crippen LogP contribution in [0.4, 0.5) is 5.69 Å². The minimum atomic E-state index is 0.716. The summed E-state index contributed by atoms with van der Waals surface area (Å²) in [5, 5.41) is 3.67. The number of benzene rings is 1. The first kappa shape index (κ1) is 12.4. The normalized spacial score (nSPS) is 15.9. The highest BCUT2D eigenvalue weighted by Crippen LogP contribution is 2.25. The van der Waals surface area contributed by atoms with Gasteiger partial charge in [-0.15, -0.1) is 0 Å². The van der Waals surface area contributed by atoms with E-state index in [0.29, 0.717) is 6.04 Å². The molecule has 0 atom stereocenters. The molecule has 1 aliphatic rings. The van der Waals surface area contributed by atoms with Crippen molar-refractivity contribution in [2.45, 2.75) is 45.7 Å². The number of hydrogen-bond acceptors (Lipinski definition) is 2. The molecule has 1 aromatic carbocycles. The highest BCUT2D eigenvalue weighted by molar-refractivity contribution is 5.52. The van der Waals surface area contributed by atoms with Crippen LogP contribution >= 0.6 is 0 Å². The second-order valence-electron chi connectivity index (χ2n) is 4.89. The molecule has 2 rings (SSSR count). The highest BCUT2D eigenvalue weighted by Gasteiger charge is 2.18. The zero-order valence-corrected chi connectivity index (χ0v) is 11.1. The average molecular weight is 232 g/mol. The summed E-state index contributed by atoms with van der Waals surface area (Å²) in [5.41, 5.74) is 2.77. The van der Waals surface area contributed by atoms with Crippen LogP contribution in [0.25, 0.3) is 0 Å². The summed E-state index contributed by atoms with van der Waals surface area (Å²) in [6.07, 6.45) is 4.05. The van der Waals surface area contributed by atoms with Gasteiger partial charge in [-0.2, -0.15) is 0 Å². The van der Waals surface area contributed by atoms with E-state index >= 15 is 0 Å². The van der Waals surface area contributed by atoms with E-state index in [9.17, 15) is 0 Å². The molecule has 94 valence electrons. The molecule has 0 unspecified atom stereocenters. The van der Waals surface area contributed by atoms with Crippen LogP contribution in [-0.2, 0) is 6.54 Å². The number of nitrogens with zero attached hydrogens (tertiary/aromatic N) is 1. The van der Waals surface area contributed by atoms with Crippen molar-refractivity contribution < 1.29 is 0 Å². The lowest BCUT2D eigenvalue weighted by Crippen LogP contribution is -2.28. The zero-order valence-electron chi connectivity index (χ0n) is 11.1. The Bertz CT molecular complexity index is 341. The van der Waals surface area contributed by atoms with E-state index in [1.807, 2.05) is 0 Å². The van der Waals surface area contributed by atoms with E-state index in [-0.39, 0.29) is 0 Å². The molecule has 0 bridgehead atoms. The van der Waals surface area contributed by atoms with Gasteiger partial charge in [-0.25, -0.2) is 0 Å². The molecular weight excluding hydrogens is 208 g/mol. The molecule has 1 fully saturated rings. The second kappa shape index (κ2) is 6.06. The Morgan fingerprint density at radius 1 is 1.18 bits per heavy atom. The minimum absolute atomic E-state index is 0.716. The monoisotopic (exact) mass is 232 g/mol. The van der Waals surface area contributed by atoms with Crippen LogP contribution in [0.2, 0.25) is 0 Å². The Kier molecular flexibility index (Phi) is 4.43. The van der Waals surface area contributed by atoms with Crippen LogP contribution < -0.4 is 5.32 Å². The van der Waals surface area contributed by atoms with Crippen LogP contribution in [0, 0.1) is 0 Å². The van der Waals surface area contributed by atoms with Gasteiger partial charge in [-0.3, -0.25) is 4.90 Å². The summed E-state index contributed by atoms with van der Waals surface area (Å²) < 4.78 is 0. The summed E-state index contributed by atoms with van der Waals surface area (Å²) in [4.78, 5) is 2.46. The Hall–Kier alpha value is -1.02. The van der Waals surface area contributed by atoms with E-state index in [1.165, 1.54) is 30.5 Å². The van der Waals surface area contributed by atoms with Crippen molar-refractivity contribution >= 4 is 5.69 Å². The van der Waals surface area contributed by atoms with Crippen molar-refractivity contribution in [3.05, 3.63) is 29.8 Å². The topological polar surface area (TPSA) is 15.3 Å². The van der Waals surface area contributed by atoms with Gasteiger partial charge in [-0.05, 0) is 44.0 Å². The zero-order chi connectivity index (χ0) is 12.1. The van der Waals surface area contributed by atoms with Gasteiger partial charge in [0.25, 0.3) is 0 Å². The average Bonchev–Trinajstić information content (AvgIpc) is 2.32. The van der Waals surface area contributed by atoms with Gasteiger partial charge in [0.05, 0.1) is 0 Å². The molecule has 1 N–H and O–H groups in total. The van der Waals surface area contributed by atoms with Crippen molar-refractivity contribution in [1.29, 1.82) is 0 Å². The Labute approximate surface area is 105 Å². The lowest BCUT2D eigenvalue weighted by molar-refractivity contribution is 0.296. The van der Waals surface area contributed by atoms with E-state index in [2.05, 4.69) is 48.3 Å². The smallest absolute Gasteiger partial charge is 0.0388 e. The van der Waals surface area contributed by atoms with E-state index in [4.69, 9.17) is 0 Å². The fourth-order valence-electron chi connectivity index (χ4n) is 2.26. The highest BCUT2D eigenvalue weighted by atomic mass is 15.1. The third kappa shape index (κ3) is 3.22. The molecule has 0 aliphatic heterocycles. The van der Waals surface area contributed by atoms with Crippen LogP contribution in [0.15, 0.2) is 24.3 Å². The molecule has 0 radical (unpaired) electrons. The van der Waals surface area contributed by atoms with Crippen molar-refractivity contribution in [1.82, 2.24) is 4.90 Å². The summed E-state index contributed by atoms with van der Waals surface area (Å²) in [5.74, 6) is 0. The van der Waals surface area contributed by atoms with Gasteiger partial charge in [0.2, 0.25) is 0 Å². The number of rotatable bonds is 6. The lowest BCUT2D eigenvalue weighted by Gasteiger charge is -2.29. The number of hydrogen-bond donors (Lipinski definition) is 1. The predicted molar refractivity (Wildman–Crippen MR) is 74.3 cm³/mol. The molecule has 1 aliphatic carbocycles. The molecule has 1 aromatic rings. The standard InChI is InChI=1S/C15H24N2/c1-3-17(4-2)12-13-8-5-6-11-15(13)16-14-9-7-10-14/h5-6,8,11,14,16H,3-4,7,9-10,12H2,1-2H3. The maximum atomic E-state index is 3.67. The maximum Gasteiger partial charge on any atom is 0.0388 e. The third-order valence-electron chi connectivity index (χ3n) is 3.77. The van der Waals surface area contributed by atoms with Gasteiger partial charge in [0, 0.05) is 18.3 Å². The number of para-hydroxylation sites is 1. The fourth-order valence-corrected chi connectivity index (χ4v) is 2.26. The third-order valence-corrected chi connectivity index (χ3v) is 3.77. The van der Waals surface area contributed by atoms with E-state index in [0.717, 1.165) is 19.6 Å². The van der Waals surface area contributed by atoms with Crippen molar-refractivity contribution in [2.24, 2.45) is 0 Å². The molecule has 0 saturated heterocycles. The molecule has 0 aromatic heterocycles. The number of nitrogens with one attached hydrogen (secondary N) is 1. The SMILES string of the molecule is CCN(CC)Cc1ccccc1NC1CCC1. The van der Waals surface area contributed by atoms with Gasteiger partial charge in [-0.1, -0.05) is 32.0 Å². The molecule has 0 amide bonds. The molecule has 17 heavy (non-hydrogen) atoms. The predicted octanol–water partition coefficient (Wildman–Crippen LogP) is 3.49. The lowest BCUT2D eigenvalue weighted by atomic mass is 9.92. The summed E-state index contributed by atoms with van der Waals surface area (Å²) >= 11 is 0. The van der Waals surface area contributed by atoms with Gasteiger partial charge in [0.15, 0.2) is 0 Å². The Morgan fingerprint density at radius 2 is 1.88 bits per heavy atom. The Morgan fingerprint density at radius 3 is 2.47 bits per heavy atom. The molecule has 0 spiro atoms. The van der Waals surface area contributed by atoms with Crippen molar-refractivity contribution in [2.75, 3.05) is 18.4 Å². The first-order valence-electron chi connectivity index (χ1n) is 6.90. The largest absolute Gasteiger partial charge is 0.382 e. The first-order valence-corrected chi connectivity index (χ1v) is 6.90. The molecule has 0 heterocycles. The van der Waals surface area contributed by atoms with Crippen molar-refractivity contribution in [3.8, 4) is 0 Å². The van der Waals surface area contributed by atoms with Gasteiger partial charge in [0.1, 0.15) is 0 Å². The van der Waals surface area contributed by atoms with Crippen molar-refractivity contribution in [3.63, 3.8) is 0 Å². The quantitative estimate of drug-likeness (QED) is 0.807. The van der Waals surface area contributed by atoms with Crippen LogP contribution in [0.3, 0.4) is 0 Å². The fraction of sp³-hybridized carbons (Fsp3) is 0.600. The molecule has 2 nitrogen and oxygen atoms in total. The van der Waals surface area contributed by atoms with E-state index < -0.39 is 0 Å². The molecule has 1 saturated carbocycles.